The van der Waals surface area contributed by atoms with E-state index in [9.17, 15) is 14.0 Å². The maximum atomic E-state index is 13.7. The van der Waals surface area contributed by atoms with Gasteiger partial charge < -0.3 is 5.11 Å². The average molecular weight is 230 g/mol. The lowest BCUT2D eigenvalue weighted by molar-refractivity contribution is -0.155. The third kappa shape index (κ3) is 2.60. The largest absolute Gasteiger partial charge is 0.479 e. The molecule has 4 heteroatoms. The molecule has 1 aliphatic rings. The first-order valence-corrected chi connectivity index (χ1v) is 5.63. The summed E-state index contributed by atoms with van der Waals surface area (Å²) >= 11 is 0. The third-order valence-corrected chi connectivity index (χ3v) is 3.27. The molecule has 0 amide bonds. The molecule has 1 N–H and O–H groups in total. The Bertz CT molecular complexity index is 296. The van der Waals surface area contributed by atoms with E-state index in [-0.39, 0.29) is 24.5 Å². The molecule has 0 heterocycles. The second-order valence-corrected chi connectivity index (χ2v) is 5.66. The summed E-state index contributed by atoms with van der Waals surface area (Å²) in [7, 11) is 0. The van der Waals surface area contributed by atoms with Crippen LogP contribution in [0.2, 0.25) is 0 Å². The number of rotatable bonds is 2. The predicted octanol–water partition coefficient (Wildman–Crippen LogP) is 2.58. The van der Waals surface area contributed by atoms with Gasteiger partial charge in [-0.05, 0) is 25.7 Å². The van der Waals surface area contributed by atoms with Gasteiger partial charge in [0.05, 0.1) is 0 Å². The van der Waals surface area contributed by atoms with Gasteiger partial charge in [0, 0.05) is 11.3 Å². The van der Waals surface area contributed by atoms with Crippen LogP contribution in [-0.4, -0.2) is 22.5 Å². The molecule has 0 aromatic rings. The van der Waals surface area contributed by atoms with Gasteiger partial charge in [0.2, 0.25) is 5.67 Å². The molecule has 92 valence electrons. The lowest BCUT2D eigenvalue weighted by Gasteiger charge is -2.33. The van der Waals surface area contributed by atoms with E-state index < -0.39 is 17.1 Å². The normalized spacial score (nSPS) is 31.1. The Kier molecular flexibility index (Phi) is 3.41. The summed E-state index contributed by atoms with van der Waals surface area (Å²) in [4.78, 5) is 22.6. The van der Waals surface area contributed by atoms with E-state index >= 15 is 0 Å². The summed E-state index contributed by atoms with van der Waals surface area (Å²) in [5, 5.41) is 8.72. The molecule has 1 fully saturated rings. The Morgan fingerprint density at radius 2 is 1.69 bits per heavy atom. The van der Waals surface area contributed by atoms with Crippen molar-refractivity contribution in [3.8, 4) is 0 Å². The van der Waals surface area contributed by atoms with Crippen LogP contribution in [0.1, 0.15) is 46.5 Å². The minimum atomic E-state index is -2.12. The maximum Gasteiger partial charge on any atom is 0.341 e. The third-order valence-electron chi connectivity index (χ3n) is 3.27. The van der Waals surface area contributed by atoms with E-state index in [1.165, 1.54) is 0 Å². The fraction of sp³-hybridized carbons (Fsp3) is 0.833. The van der Waals surface area contributed by atoms with Crippen molar-refractivity contribution >= 4 is 11.8 Å². The first kappa shape index (κ1) is 13.1. The zero-order valence-electron chi connectivity index (χ0n) is 10.0. The van der Waals surface area contributed by atoms with Gasteiger partial charge in [-0.1, -0.05) is 20.8 Å². The quantitative estimate of drug-likeness (QED) is 0.793. The number of carboxylic acid groups (broad SMARTS) is 1. The molecule has 16 heavy (non-hydrogen) atoms. The molecule has 1 saturated carbocycles. The molecule has 1 rings (SSSR count). The number of halogens is 1. The number of carbonyl (C=O) groups excluding carboxylic acids is 1. The summed E-state index contributed by atoms with van der Waals surface area (Å²) in [5.74, 6) is -1.46. The van der Waals surface area contributed by atoms with Gasteiger partial charge in [0.25, 0.3) is 0 Å². The monoisotopic (exact) mass is 230 g/mol. The number of carbonyl (C=O) groups is 2. The van der Waals surface area contributed by atoms with E-state index in [0.717, 1.165) is 0 Å². The van der Waals surface area contributed by atoms with Gasteiger partial charge >= 0.3 is 5.97 Å². The Hall–Kier alpha value is -0.930. The highest BCUT2D eigenvalue weighted by Gasteiger charge is 2.44. The number of carboxylic acids is 1. The van der Waals surface area contributed by atoms with E-state index in [1.54, 1.807) is 0 Å². The zero-order valence-corrected chi connectivity index (χ0v) is 10.0. The highest BCUT2D eigenvalue weighted by Crippen LogP contribution is 2.38. The van der Waals surface area contributed by atoms with E-state index in [2.05, 4.69) is 0 Å². The molecule has 0 aromatic carbocycles. The Labute approximate surface area is 95.0 Å². The second-order valence-electron chi connectivity index (χ2n) is 5.66. The standard InChI is InChI=1S/C12H19FO3/c1-11(2,3)9(14)8-4-6-12(13,7-5-8)10(15)16/h8H,4-7H2,1-3H3,(H,15,16)/t8-,12-. The van der Waals surface area contributed by atoms with Gasteiger partial charge in [0.1, 0.15) is 5.78 Å². The predicted molar refractivity (Wildman–Crippen MR) is 57.9 cm³/mol. The van der Waals surface area contributed by atoms with Gasteiger partial charge in [-0.25, -0.2) is 9.18 Å². The summed E-state index contributed by atoms with van der Waals surface area (Å²) in [6, 6.07) is 0. The Balaban J connectivity index is 2.63. The Morgan fingerprint density at radius 3 is 2.00 bits per heavy atom. The minimum Gasteiger partial charge on any atom is -0.479 e. The Morgan fingerprint density at radius 1 is 1.25 bits per heavy atom. The van der Waals surface area contributed by atoms with Crippen LogP contribution in [0.5, 0.6) is 0 Å². The van der Waals surface area contributed by atoms with Crippen molar-refractivity contribution in [1.82, 2.24) is 0 Å². The highest BCUT2D eigenvalue weighted by atomic mass is 19.1. The molecular weight excluding hydrogens is 211 g/mol. The van der Waals surface area contributed by atoms with Gasteiger partial charge in [0.15, 0.2) is 0 Å². The molecule has 0 spiro atoms. The molecular formula is C12H19FO3. The molecule has 0 saturated heterocycles. The number of Topliss-reactive ketones (excluding diaryl/α,β-unsaturated/α-hetero) is 1. The molecule has 0 aliphatic heterocycles. The highest BCUT2D eigenvalue weighted by molar-refractivity contribution is 5.86. The van der Waals surface area contributed by atoms with Crippen molar-refractivity contribution in [2.24, 2.45) is 11.3 Å². The van der Waals surface area contributed by atoms with Crippen LogP contribution >= 0.6 is 0 Å². The topological polar surface area (TPSA) is 54.4 Å². The molecule has 0 atom stereocenters. The van der Waals surface area contributed by atoms with Crippen molar-refractivity contribution in [2.75, 3.05) is 0 Å². The van der Waals surface area contributed by atoms with Gasteiger partial charge in [-0.15, -0.1) is 0 Å². The van der Waals surface area contributed by atoms with Crippen LogP contribution in [0.25, 0.3) is 0 Å². The molecule has 0 bridgehead atoms. The summed E-state index contributed by atoms with van der Waals surface area (Å²) in [6.07, 6.45) is 0.599. The first-order chi connectivity index (χ1) is 7.17. The van der Waals surface area contributed by atoms with Crippen LogP contribution < -0.4 is 0 Å². The van der Waals surface area contributed by atoms with E-state index in [1.807, 2.05) is 20.8 Å². The van der Waals surface area contributed by atoms with Crippen LogP contribution in [0.15, 0.2) is 0 Å². The van der Waals surface area contributed by atoms with E-state index in [0.29, 0.717) is 12.8 Å². The number of aliphatic carboxylic acids is 1. The molecule has 0 aromatic heterocycles. The number of alkyl halides is 1. The van der Waals surface area contributed by atoms with E-state index in [4.69, 9.17) is 5.11 Å². The maximum absolute atomic E-state index is 13.7. The fourth-order valence-corrected chi connectivity index (χ4v) is 2.16. The van der Waals surface area contributed by atoms with Crippen LogP contribution in [-0.2, 0) is 9.59 Å². The minimum absolute atomic E-state index is 0.0468. The van der Waals surface area contributed by atoms with Gasteiger partial charge in [-0.2, -0.15) is 0 Å². The van der Waals surface area contributed by atoms with Crippen molar-refractivity contribution in [3.63, 3.8) is 0 Å². The lowest BCUT2D eigenvalue weighted by atomic mass is 9.72. The van der Waals surface area contributed by atoms with Crippen molar-refractivity contribution in [3.05, 3.63) is 0 Å². The van der Waals surface area contributed by atoms with Gasteiger partial charge in [-0.3, -0.25) is 4.79 Å². The average Bonchev–Trinajstić information content (AvgIpc) is 2.16. The molecule has 3 nitrogen and oxygen atoms in total. The molecule has 0 unspecified atom stereocenters. The second kappa shape index (κ2) is 4.15. The van der Waals surface area contributed by atoms with Crippen LogP contribution in [0.4, 0.5) is 4.39 Å². The van der Waals surface area contributed by atoms with Crippen molar-refractivity contribution in [2.45, 2.75) is 52.1 Å². The lowest BCUT2D eigenvalue weighted by Crippen LogP contribution is -2.41. The number of ketones is 1. The first-order valence-electron chi connectivity index (χ1n) is 5.63. The van der Waals surface area contributed by atoms with Crippen LogP contribution in [0, 0.1) is 11.3 Å². The van der Waals surface area contributed by atoms with Crippen molar-refractivity contribution in [1.29, 1.82) is 0 Å². The van der Waals surface area contributed by atoms with Crippen molar-refractivity contribution < 1.29 is 19.1 Å². The molecule has 0 radical (unpaired) electrons. The van der Waals surface area contributed by atoms with Crippen LogP contribution in [0.3, 0.4) is 0 Å². The zero-order chi connectivity index (χ0) is 12.6. The smallest absolute Gasteiger partial charge is 0.341 e. The fourth-order valence-electron chi connectivity index (χ4n) is 2.16. The molecule has 1 aliphatic carbocycles. The number of hydrogen-bond acceptors (Lipinski definition) is 2. The summed E-state index contributed by atoms with van der Waals surface area (Å²) in [5.41, 5.74) is -2.54. The SMILES string of the molecule is CC(C)(C)C(=O)[C@H]1CC[C@@](F)(C(=O)O)CC1. The number of hydrogen-bond donors (Lipinski definition) is 1. The summed E-state index contributed by atoms with van der Waals surface area (Å²) in [6.45, 7) is 5.51. The summed E-state index contributed by atoms with van der Waals surface area (Å²) < 4.78 is 13.7.